The van der Waals surface area contributed by atoms with Crippen molar-refractivity contribution < 1.29 is 14.3 Å². The molecule has 0 spiro atoms. The van der Waals surface area contributed by atoms with E-state index in [9.17, 15) is 9.59 Å². The second-order valence-electron chi connectivity index (χ2n) is 2.93. The monoisotopic (exact) mass is 246 g/mol. The number of nitrogens with two attached hydrogens (primary N) is 1. The summed E-state index contributed by atoms with van der Waals surface area (Å²) in [4.78, 5) is 23.9. The minimum atomic E-state index is -0.806. The van der Waals surface area contributed by atoms with Crippen LogP contribution < -0.4 is 5.73 Å². The maximum atomic E-state index is 11.6. The molecule has 15 heavy (non-hydrogen) atoms. The Bertz CT molecular complexity index is 324. The number of ketones is 1. The van der Waals surface area contributed by atoms with Crippen molar-refractivity contribution in [3.05, 3.63) is 0 Å². The zero-order valence-corrected chi connectivity index (χ0v) is 9.53. The summed E-state index contributed by atoms with van der Waals surface area (Å²) in [7, 11) is 0. The molecule has 0 aromatic heterocycles. The van der Waals surface area contributed by atoms with Gasteiger partial charge in [0.2, 0.25) is 0 Å². The minimum absolute atomic E-state index is 0.211. The zero-order chi connectivity index (χ0) is 11.4. The Morgan fingerprint density at radius 3 is 2.20 bits per heavy atom. The van der Waals surface area contributed by atoms with Gasteiger partial charge in [-0.05, 0) is 0 Å². The predicted molar refractivity (Wildman–Crippen MR) is 61.8 cm³/mol. The van der Waals surface area contributed by atoms with Crippen LogP contribution in [0.5, 0.6) is 0 Å². The van der Waals surface area contributed by atoms with E-state index in [0.717, 1.165) is 0 Å². The van der Waals surface area contributed by atoms with E-state index in [2.05, 4.69) is 24.4 Å². The van der Waals surface area contributed by atoms with Crippen LogP contribution in [0, 0.1) is 0 Å². The molecule has 1 aliphatic heterocycles. The van der Waals surface area contributed by atoms with Crippen LogP contribution in [0.3, 0.4) is 0 Å². The van der Waals surface area contributed by atoms with Crippen LogP contribution >= 0.6 is 24.4 Å². The van der Waals surface area contributed by atoms with Gasteiger partial charge in [-0.2, -0.15) is 0 Å². The number of hydrogen-bond donors (Lipinski definition) is 1. The molecule has 0 aromatic carbocycles. The highest BCUT2D eigenvalue weighted by Gasteiger charge is 2.27. The molecule has 0 saturated carbocycles. The Morgan fingerprint density at radius 2 is 1.73 bits per heavy atom. The quantitative estimate of drug-likeness (QED) is 0.512. The van der Waals surface area contributed by atoms with Crippen LogP contribution in [0.25, 0.3) is 0 Å². The van der Waals surface area contributed by atoms with Gasteiger partial charge in [0.25, 0.3) is 11.7 Å². The highest BCUT2D eigenvalue weighted by Crippen LogP contribution is 1.99. The first-order valence-corrected chi connectivity index (χ1v) is 5.11. The molecule has 0 unspecified atom stereocenters. The van der Waals surface area contributed by atoms with E-state index in [1.807, 2.05) is 0 Å². The molecule has 5 nitrogen and oxygen atoms in total. The van der Waals surface area contributed by atoms with Crippen LogP contribution in [0.2, 0.25) is 0 Å². The number of thiocarbonyl (C=S) groups is 2. The lowest BCUT2D eigenvalue weighted by atomic mass is 10.2. The van der Waals surface area contributed by atoms with Crippen molar-refractivity contribution in [2.24, 2.45) is 5.73 Å². The molecule has 0 atom stereocenters. The van der Waals surface area contributed by atoms with Crippen LogP contribution in [-0.4, -0.2) is 52.7 Å². The average molecular weight is 246 g/mol. The molecule has 0 aromatic rings. The summed E-state index contributed by atoms with van der Waals surface area (Å²) >= 11 is 9.19. The van der Waals surface area contributed by atoms with Crippen LogP contribution in [0.1, 0.15) is 0 Å². The van der Waals surface area contributed by atoms with E-state index in [1.54, 1.807) is 0 Å². The normalized spacial score (nSPS) is 15.9. The third-order valence-electron chi connectivity index (χ3n) is 1.92. The van der Waals surface area contributed by atoms with Crippen molar-refractivity contribution in [2.45, 2.75) is 0 Å². The molecule has 1 heterocycles. The predicted octanol–water partition coefficient (Wildman–Crippen LogP) is -0.930. The molecule has 1 saturated heterocycles. The second kappa shape index (κ2) is 5.24. The fraction of sp³-hybridized carbons (Fsp3) is 0.500. The number of hydrogen-bond acceptors (Lipinski definition) is 5. The Labute approximate surface area is 97.5 Å². The van der Waals surface area contributed by atoms with E-state index in [-0.39, 0.29) is 9.85 Å². The first-order valence-electron chi connectivity index (χ1n) is 4.29. The van der Waals surface area contributed by atoms with Crippen molar-refractivity contribution in [1.82, 2.24) is 4.90 Å². The minimum Gasteiger partial charge on any atom is -0.389 e. The zero-order valence-electron chi connectivity index (χ0n) is 7.89. The standard InChI is InChI=1S/C8H10N2O3S2/c9-7(15)6(14)5(11)8(12)10-1-3-13-4-2-10/h1-4H2,(H2,9,15). The third kappa shape index (κ3) is 3.01. The van der Waals surface area contributed by atoms with Gasteiger partial charge in [-0.3, -0.25) is 9.59 Å². The van der Waals surface area contributed by atoms with Gasteiger partial charge in [-0.1, -0.05) is 24.4 Å². The van der Waals surface area contributed by atoms with E-state index >= 15 is 0 Å². The topological polar surface area (TPSA) is 72.6 Å². The molecule has 7 heteroatoms. The van der Waals surface area contributed by atoms with Gasteiger partial charge in [0.1, 0.15) is 9.85 Å². The molecule has 0 aliphatic carbocycles. The van der Waals surface area contributed by atoms with Crippen molar-refractivity contribution in [1.29, 1.82) is 0 Å². The highest BCUT2D eigenvalue weighted by molar-refractivity contribution is 7.91. The number of nitrogens with zero attached hydrogens (tertiary/aromatic N) is 1. The number of morpholine rings is 1. The summed E-state index contributed by atoms with van der Waals surface area (Å²) in [6.45, 7) is 1.65. The number of rotatable bonds is 3. The molecule has 2 N–H and O–H groups in total. The molecule has 0 radical (unpaired) electrons. The Morgan fingerprint density at radius 1 is 1.20 bits per heavy atom. The lowest BCUT2D eigenvalue weighted by Gasteiger charge is -2.25. The summed E-state index contributed by atoms with van der Waals surface area (Å²) in [6, 6.07) is 0. The summed E-state index contributed by atoms with van der Waals surface area (Å²) in [5, 5.41) is 0. The number of Topliss-reactive ketones (excluding diaryl/α,β-unsaturated/α-hetero) is 1. The number of carbonyl (C=O) groups is 2. The first kappa shape index (κ1) is 12.2. The smallest absolute Gasteiger partial charge is 0.296 e. The van der Waals surface area contributed by atoms with Crippen molar-refractivity contribution in [3.8, 4) is 0 Å². The number of carbonyl (C=O) groups excluding carboxylic acids is 2. The summed E-state index contributed by atoms with van der Waals surface area (Å²) in [5.74, 6) is -1.46. The maximum absolute atomic E-state index is 11.6. The lowest BCUT2D eigenvalue weighted by Crippen LogP contribution is -2.47. The van der Waals surface area contributed by atoms with Gasteiger partial charge in [0.15, 0.2) is 0 Å². The van der Waals surface area contributed by atoms with E-state index in [1.165, 1.54) is 4.90 Å². The summed E-state index contributed by atoms with van der Waals surface area (Å²) in [5.41, 5.74) is 5.18. The van der Waals surface area contributed by atoms with Crippen LogP contribution in [-0.2, 0) is 14.3 Å². The Hall–Kier alpha value is -0.920. The van der Waals surface area contributed by atoms with Crippen molar-refractivity contribution in [3.63, 3.8) is 0 Å². The molecular formula is C8H10N2O3S2. The van der Waals surface area contributed by atoms with Crippen molar-refractivity contribution >= 4 is 46.0 Å². The first-order chi connectivity index (χ1) is 7.04. The third-order valence-corrected chi connectivity index (χ3v) is 2.66. The van der Waals surface area contributed by atoms with Gasteiger partial charge in [0.05, 0.1) is 13.2 Å². The second-order valence-corrected chi connectivity index (χ2v) is 3.78. The van der Waals surface area contributed by atoms with E-state index < -0.39 is 11.7 Å². The Balaban J connectivity index is 2.63. The summed E-state index contributed by atoms with van der Waals surface area (Å²) < 4.78 is 5.05. The number of amides is 1. The van der Waals surface area contributed by atoms with Crippen molar-refractivity contribution in [2.75, 3.05) is 26.3 Å². The maximum Gasteiger partial charge on any atom is 0.296 e. The molecular weight excluding hydrogens is 236 g/mol. The SMILES string of the molecule is NC(=S)C(=S)C(=O)C(=O)N1CCOCC1. The van der Waals surface area contributed by atoms with Gasteiger partial charge >= 0.3 is 0 Å². The van der Waals surface area contributed by atoms with E-state index in [4.69, 9.17) is 10.5 Å². The van der Waals surface area contributed by atoms with Gasteiger partial charge in [0, 0.05) is 13.1 Å². The average Bonchev–Trinajstić information content (AvgIpc) is 2.27. The fourth-order valence-corrected chi connectivity index (χ4v) is 1.30. The lowest BCUT2D eigenvalue weighted by molar-refractivity contribution is -0.144. The fourth-order valence-electron chi connectivity index (χ4n) is 1.12. The molecule has 1 fully saturated rings. The molecule has 82 valence electrons. The largest absolute Gasteiger partial charge is 0.389 e. The van der Waals surface area contributed by atoms with Crippen LogP contribution in [0.15, 0.2) is 0 Å². The van der Waals surface area contributed by atoms with Gasteiger partial charge < -0.3 is 15.4 Å². The van der Waals surface area contributed by atoms with Gasteiger partial charge in [-0.25, -0.2) is 0 Å². The molecule has 1 aliphatic rings. The summed E-state index contributed by atoms with van der Waals surface area (Å²) in [6.07, 6.45) is 0. The number of ether oxygens (including phenoxy) is 1. The molecule has 0 bridgehead atoms. The van der Waals surface area contributed by atoms with E-state index in [0.29, 0.717) is 26.3 Å². The molecule has 1 rings (SSSR count). The highest BCUT2D eigenvalue weighted by atomic mass is 32.1. The molecule has 1 amide bonds. The van der Waals surface area contributed by atoms with Gasteiger partial charge in [-0.15, -0.1) is 0 Å². The Kier molecular flexibility index (Phi) is 4.25. The van der Waals surface area contributed by atoms with Crippen LogP contribution in [0.4, 0.5) is 0 Å².